The lowest BCUT2D eigenvalue weighted by atomic mass is 10.2. The van der Waals surface area contributed by atoms with Gasteiger partial charge < -0.3 is 10.5 Å². The lowest BCUT2D eigenvalue weighted by Gasteiger charge is -2.19. The minimum absolute atomic E-state index is 0.436. The van der Waals surface area contributed by atoms with Crippen LogP contribution in [0.25, 0.3) is 11.0 Å². The van der Waals surface area contributed by atoms with Crippen molar-refractivity contribution in [3.05, 3.63) is 24.0 Å². The summed E-state index contributed by atoms with van der Waals surface area (Å²) in [6, 6.07) is 3.59. The number of ether oxygens (including phenoxy) is 1. The molecule has 0 aliphatic rings. The zero-order chi connectivity index (χ0) is 13.5. The lowest BCUT2D eigenvalue weighted by Crippen LogP contribution is -2.26. The Kier molecular flexibility index (Phi) is 2.77. The molecule has 1 heterocycles. The molecule has 5 heteroatoms. The zero-order valence-corrected chi connectivity index (χ0v) is 11.0. The van der Waals surface area contributed by atoms with Crippen LogP contribution in [-0.4, -0.2) is 21.2 Å². The molecular weight excluding hydrogens is 230 g/mol. The number of hydrogen-bond acceptors (Lipinski definition) is 4. The number of aromatic nitrogens is 2. The molecule has 0 spiro atoms. The number of benzene rings is 1. The third-order valence-electron chi connectivity index (χ3n) is 2.53. The van der Waals surface area contributed by atoms with E-state index in [1.54, 1.807) is 6.07 Å². The molecule has 0 saturated heterocycles. The van der Waals surface area contributed by atoms with E-state index in [2.05, 4.69) is 4.98 Å². The highest BCUT2D eigenvalue weighted by molar-refractivity contribution is 5.89. The molecule has 0 fully saturated rings. The molecule has 96 valence electrons. The first kappa shape index (κ1) is 12.4. The minimum atomic E-state index is -0.531. The van der Waals surface area contributed by atoms with Gasteiger partial charge in [0.2, 0.25) is 0 Å². The molecule has 2 N–H and O–H groups in total. The van der Waals surface area contributed by atoms with Gasteiger partial charge in [-0.3, -0.25) is 0 Å². The van der Waals surface area contributed by atoms with Crippen LogP contribution >= 0.6 is 0 Å². The second-order valence-electron chi connectivity index (χ2n) is 5.29. The summed E-state index contributed by atoms with van der Waals surface area (Å²) in [6.07, 6.45) is 1.02. The number of nitrogen functional groups attached to an aromatic ring is 1. The monoisotopic (exact) mass is 247 g/mol. The fourth-order valence-electron chi connectivity index (χ4n) is 1.63. The number of nitrogens with two attached hydrogens (primary N) is 1. The summed E-state index contributed by atoms with van der Waals surface area (Å²) in [6.45, 7) is 7.37. The highest BCUT2D eigenvalue weighted by atomic mass is 16.6. The van der Waals surface area contributed by atoms with Crippen LogP contribution in [0, 0.1) is 6.92 Å². The average Bonchev–Trinajstić information content (AvgIpc) is 2.59. The molecular formula is C13H17N3O2. The number of carbonyl (C=O) groups is 1. The van der Waals surface area contributed by atoms with Crippen molar-refractivity contribution in [1.82, 2.24) is 9.55 Å². The van der Waals surface area contributed by atoms with Gasteiger partial charge in [-0.15, -0.1) is 0 Å². The molecule has 2 rings (SSSR count). The van der Waals surface area contributed by atoms with Gasteiger partial charge in [-0.2, -0.15) is 0 Å². The van der Waals surface area contributed by atoms with Crippen LogP contribution in [0.15, 0.2) is 18.5 Å². The predicted molar refractivity (Wildman–Crippen MR) is 70.5 cm³/mol. The number of fused-ring (bicyclic) bond motifs is 1. The normalized spacial score (nSPS) is 11.8. The smallest absolute Gasteiger partial charge is 0.420 e. The van der Waals surface area contributed by atoms with Crippen LogP contribution in [0.2, 0.25) is 0 Å². The van der Waals surface area contributed by atoms with Gasteiger partial charge in [-0.1, -0.05) is 0 Å². The molecule has 18 heavy (non-hydrogen) atoms. The summed E-state index contributed by atoms with van der Waals surface area (Å²) >= 11 is 0. The van der Waals surface area contributed by atoms with Gasteiger partial charge in [0.05, 0.1) is 11.0 Å². The van der Waals surface area contributed by atoms with Gasteiger partial charge in [-0.25, -0.2) is 14.3 Å². The Morgan fingerprint density at radius 2 is 2.06 bits per heavy atom. The largest absolute Gasteiger partial charge is 0.443 e. The molecule has 5 nitrogen and oxygen atoms in total. The maximum atomic E-state index is 12.0. The Morgan fingerprint density at radius 3 is 2.67 bits per heavy atom. The van der Waals surface area contributed by atoms with E-state index in [1.165, 1.54) is 10.9 Å². The third-order valence-corrected chi connectivity index (χ3v) is 2.53. The number of carbonyl (C=O) groups excluding carboxylic acids is 1. The molecule has 1 aromatic heterocycles. The van der Waals surface area contributed by atoms with E-state index in [0.29, 0.717) is 16.7 Å². The van der Waals surface area contributed by atoms with Crippen molar-refractivity contribution in [3.63, 3.8) is 0 Å². The summed E-state index contributed by atoms with van der Waals surface area (Å²) in [5, 5.41) is 0. The Balaban J connectivity index is 2.46. The van der Waals surface area contributed by atoms with Crippen LogP contribution in [0.4, 0.5) is 10.5 Å². The van der Waals surface area contributed by atoms with Gasteiger partial charge >= 0.3 is 6.09 Å². The van der Waals surface area contributed by atoms with Crippen molar-refractivity contribution < 1.29 is 9.53 Å². The second kappa shape index (κ2) is 4.01. The van der Waals surface area contributed by atoms with Crippen molar-refractivity contribution in [2.24, 2.45) is 0 Å². The molecule has 0 aliphatic heterocycles. The van der Waals surface area contributed by atoms with E-state index >= 15 is 0 Å². The standard InChI is InChI=1S/C13H17N3O2/c1-8-5-11-10(6-9(8)14)15-7-16(11)12(17)18-13(2,3)4/h5-7H,14H2,1-4H3. The number of rotatable bonds is 0. The summed E-state index contributed by atoms with van der Waals surface area (Å²) in [5.74, 6) is 0. The van der Waals surface area contributed by atoms with E-state index in [4.69, 9.17) is 10.5 Å². The van der Waals surface area contributed by atoms with Gasteiger partial charge in [0.15, 0.2) is 0 Å². The van der Waals surface area contributed by atoms with E-state index in [9.17, 15) is 4.79 Å². The van der Waals surface area contributed by atoms with Gasteiger partial charge in [0.25, 0.3) is 0 Å². The molecule has 0 amide bonds. The summed E-state index contributed by atoms with van der Waals surface area (Å²) in [7, 11) is 0. The third kappa shape index (κ3) is 2.30. The van der Waals surface area contributed by atoms with Crippen molar-refractivity contribution in [2.45, 2.75) is 33.3 Å². The first-order valence-corrected chi connectivity index (χ1v) is 5.74. The number of imidazole rings is 1. The lowest BCUT2D eigenvalue weighted by molar-refractivity contribution is 0.0543. The maximum Gasteiger partial charge on any atom is 0.420 e. The van der Waals surface area contributed by atoms with Crippen molar-refractivity contribution in [3.8, 4) is 0 Å². The summed E-state index contributed by atoms with van der Waals surface area (Å²) < 4.78 is 6.71. The quantitative estimate of drug-likeness (QED) is 0.727. The Morgan fingerprint density at radius 1 is 1.39 bits per heavy atom. The summed E-state index contributed by atoms with van der Waals surface area (Å²) in [4.78, 5) is 16.2. The molecule has 2 aromatic rings. The number of hydrogen-bond donors (Lipinski definition) is 1. The van der Waals surface area contributed by atoms with Gasteiger partial charge in [0.1, 0.15) is 11.9 Å². The first-order chi connectivity index (χ1) is 8.28. The topological polar surface area (TPSA) is 70.1 Å². The van der Waals surface area contributed by atoms with Crippen LogP contribution in [0.3, 0.4) is 0 Å². The van der Waals surface area contributed by atoms with Crippen LogP contribution in [0.5, 0.6) is 0 Å². The van der Waals surface area contributed by atoms with Gasteiger partial charge in [0, 0.05) is 5.69 Å². The van der Waals surface area contributed by atoms with Crippen LogP contribution in [-0.2, 0) is 4.74 Å². The Bertz CT molecular complexity index is 608. The van der Waals surface area contributed by atoms with E-state index < -0.39 is 11.7 Å². The Hall–Kier alpha value is -2.04. The van der Waals surface area contributed by atoms with Crippen molar-refractivity contribution >= 4 is 22.8 Å². The van der Waals surface area contributed by atoms with Crippen molar-refractivity contribution in [1.29, 1.82) is 0 Å². The van der Waals surface area contributed by atoms with Crippen LogP contribution in [0.1, 0.15) is 26.3 Å². The van der Waals surface area contributed by atoms with E-state index in [-0.39, 0.29) is 0 Å². The van der Waals surface area contributed by atoms with Crippen molar-refractivity contribution in [2.75, 3.05) is 5.73 Å². The highest BCUT2D eigenvalue weighted by Gasteiger charge is 2.19. The molecule has 1 aromatic carbocycles. The molecule has 0 unspecified atom stereocenters. The van der Waals surface area contributed by atoms with Crippen LogP contribution < -0.4 is 5.73 Å². The average molecular weight is 247 g/mol. The predicted octanol–water partition coefficient (Wildman–Crippen LogP) is 2.71. The molecule has 0 saturated carbocycles. The fraction of sp³-hybridized carbons (Fsp3) is 0.385. The van der Waals surface area contributed by atoms with E-state index in [1.807, 2.05) is 33.8 Å². The van der Waals surface area contributed by atoms with Gasteiger partial charge in [-0.05, 0) is 45.4 Å². The van der Waals surface area contributed by atoms with E-state index in [0.717, 1.165) is 5.56 Å². The minimum Gasteiger partial charge on any atom is -0.443 e. The number of nitrogens with zero attached hydrogens (tertiary/aromatic N) is 2. The SMILES string of the molecule is Cc1cc2c(cc1N)ncn2C(=O)OC(C)(C)C. The maximum absolute atomic E-state index is 12.0. The first-order valence-electron chi connectivity index (χ1n) is 5.74. The number of anilines is 1. The number of aryl methyl sites for hydroxylation is 1. The zero-order valence-electron chi connectivity index (χ0n) is 11.0. The summed E-state index contributed by atoms with van der Waals surface area (Å²) in [5.41, 5.74) is 8.24. The Labute approximate surface area is 106 Å². The molecule has 0 aliphatic carbocycles. The molecule has 0 atom stereocenters. The highest BCUT2D eigenvalue weighted by Crippen LogP contribution is 2.21. The molecule has 0 radical (unpaired) electrons. The second-order valence-corrected chi connectivity index (χ2v) is 5.29. The molecule has 0 bridgehead atoms. The fourth-order valence-corrected chi connectivity index (χ4v) is 1.63.